The third-order valence-electron chi connectivity index (χ3n) is 8.77. The minimum Gasteiger partial charge on any atom is -0.493 e. The zero-order chi connectivity index (χ0) is 29.3. The molecule has 1 heterocycles. The van der Waals surface area contributed by atoms with Gasteiger partial charge in [0, 0.05) is 35.7 Å². The van der Waals surface area contributed by atoms with Gasteiger partial charge in [0.15, 0.2) is 17.3 Å². The van der Waals surface area contributed by atoms with E-state index in [0.717, 1.165) is 64.5 Å². The molecule has 0 fully saturated rings. The van der Waals surface area contributed by atoms with Crippen molar-refractivity contribution in [1.29, 1.82) is 0 Å². The van der Waals surface area contributed by atoms with Crippen LogP contribution < -0.4 is 14.8 Å². The molecular weight excluding hydrogens is 522 g/mol. The molecule has 1 aliphatic heterocycles. The fraction of sp³-hybridized carbons (Fsp3) is 0.459. The van der Waals surface area contributed by atoms with Crippen LogP contribution in [0.3, 0.4) is 0 Å². The quantitative estimate of drug-likeness (QED) is 0.119. The average Bonchev–Trinajstić information content (AvgIpc) is 3.01. The van der Waals surface area contributed by atoms with Gasteiger partial charge < -0.3 is 14.8 Å². The van der Waals surface area contributed by atoms with Crippen molar-refractivity contribution in [3.8, 4) is 11.5 Å². The molecular formula is C37H45NO4. The number of rotatable bonds is 14. The van der Waals surface area contributed by atoms with Crippen molar-refractivity contribution in [2.24, 2.45) is 0 Å². The first-order valence-corrected chi connectivity index (χ1v) is 16.0. The number of unbranched alkanes of at least 4 members (excludes halogenated alkanes) is 9. The lowest BCUT2D eigenvalue weighted by atomic mass is 9.74. The van der Waals surface area contributed by atoms with E-state index >= 15 is 0 Å². The maximum Gasteiger partial charge on any atom is 0.311 e. The van der Waals surface area contributed by atoms with Crippen LogP contribution in [0, 0.1) is 0 Å². The van der Waals surface area contributed by atoms with Crippen molar-refractivity contribution in [2.75, 3.05) is 12.4 Å². The van der Waals surface area contributed by atoms with Crippen LogP contribution in [0.15, 0.2) is 65.9 Å². The molecule has 2 aliphatic rings. The lowest BCUT2D eigenvalue weighted by Crippen LogP contribution is -2.27. The first kappa shape index (κ1) is 29.9. The molecule has 5 heteroatoms. The van der Waals surface area contributed by atoms with Crippen LogP contribution in [0.5, 0.6) is 11.5 Å². The zero-order valence-electron chi connectivity index (χ0n) is 25.3. The Morgan fingerprint density at radius 1 is 0.857 bits per heavy atom. The van der Waals surface area contributed by atoms with Gasteiger partial charge in [0.05, 0.1) is 7.11 Å². The number of esters is 1. The SMILES string of the molecule is CCCCCCCCCCCCC(=O)Oc1ccc(C2C3=C(CCCC3=O)Nc3ccc4ccccc4c32)cc1OC. The maximum absolute atomic E-state index is 13.4. The number of ether oxygens (including phenoxy) is 2. The van der Waals surface area contributed by atoms with Gasteiger partial charge in [0.2, 0.25) is 0 Å². The van der Waals surface area contributed by atoms with Gasteiger partial charge >= 0.3 is 5.97 Å². The highest BCUT2D eigenvalue weighted by atomic mass is 16.6. The number of methoxy groups -OCH3 is 1. The van der Waals surface area contributed by atoms with Gasteiger partial charge in [-0.1, -0.05) is 101 Å². The van der Waals surface area contributed by atoms with E-state index < -0.39 is 0 Å². The Hall–Kier alpha value is -3.60. The molecule has 0 aromatic heterocycles. The summed E-state index contributed by atoms with van der Waals surface area (Å²) in [5.41, 5.74) is 4.97. The molecule has 0 saturated heterocycles. The first-order valence-electron chi connectivity index (χ1n) is 16.0. The lowest BCUT2D eigenvalue weighted by Gasteiger charge is -2.35. The molecule has 5 rings (SSSR count). The highest BCUT2D eigenvalue weighted by Gasteiger charge is 2.36. The third kappa shape index (κ3) is 6.88. The highest BCUT2D eigenvalue weighted by Crippen LogP contribution is 2.49. The second-order valence-corrected chi connectivity index (χ2v) is 11.8. The molecule has 0 radical (unpaired) electrons. The number of nitrogens with one attached hydrogen (secondary N) is 1. The molecule has 1 unspecified atom stereocenters. The summed E-state index contributed by atoms with van der Waals surface area (Å²) in [4.78, 5) is 26.1. The van der Waals surface area contributed by atoms with Crippen molar-refractivity contribution in [2.45, 2.75) is 103 Å². The molecule has 1 N–H and O–H groups in total. The Kier molecular flexibility index (Phi) is 10.3. The number of Topliss-reactive ketones (excluding diaryl/α,β-unsaturated/α-hetero) is 1. The van der Waals surface area contributed by atoms with Crippen molar-refractivity contribution < 1.29 is 19.1 Å². The summed E-state index contributed by atoms with van der Waals surface area (Å²) in [6.07, 6.45) is 14.9. The molecule has 222 valence electrons. The molecule has 0 bridgehead atoms. The molecule has 0 spiro atoms. The van der Waals surface area contributed by atoms with Crippen LogP contribution >= 0.6 is 0 Å². The monoisotopic (exact) mass is 567 g/mol. The number of ketones is 1. The van der Waals surface area contributed by atoms with Gasteiger partial charge in [-0.3, -0.25) is 9.59 Å². The number of anilines is 1. The van der Waals surface area contributed by atoms with Gasteiger partial charge in [-0.05, 0) is 59.4 Å². The normalized spacial score (nSPS) is 16.1. The molecule has 5 nitrogen and oxygen atoms in total. The fourth-order valence-corrected chi connectivity index (χ4v) is 6.56. The van der Waals surface area contributed by atoms with Gasteiger partial charge in [0.1, 0.15) is 0 Å². The van der Waals surface area contributed by atoms with E-state index in [9.17, 15) is 9.59 Å². The van der Waals surface area contributed by atoms with Crippen molar-refractivity contribution >= 4 is 28.2 Å². The van der Waals surface area contributed by atoms with E-state index in [1.165, 1.54) is 51.4 Å². The van der Waals surface area contributed by atoms with Gasteiger partial charge in [-0.25, -0.2) is 0 Å². The lowest BCUT2D eigenvalue weighted by molar-refractivity contribution is -0.134. The molecule has 1 aliphatic carbocycles. The van der Waals surface area contributed by atoms with Crippen LogP contribution in [0.1, 0.15) is 114 Å². The molecule has 3 aromatic carbocycles. The van der Waals surface area contributed by atoms with Crippen LogP contribution in [-0.2, 0) is 9.59 Å². The smallest absolute Gasteiger partial charge is 0.311 e. The summed E-state index contributed by atoms with van der Waals surface area (Å²) in [5, 5.41) is 5.86. The van der Waals surface area contributed by atoms with Gasteiger partial charge in [-0.15, -0.1) is 0 Å². The van der Waals surface area contributed by atoms with Crippen molar-refractivity contribution in [1.82, 2.24) is 0 Å². The topological polar surface area (TPSA) is 64.6 Å². The Labute approximate surface area is 250 Å². The number of carbonyl (C=O) groups is 2. The highest BCUT2D eigenvalue weighted by molar-refractivity contribution is 6.04. The summed E-state index contributed by atoms with van der Waals surface area (Å²) in [6.45, 7) is 2.25. The van der Waals surface area contributed by atoms with Crippen molar-refractivity contribution in [3.05, 3.63) is 77.0 Å². The van der Waals surface area contributed by atoms with Crippen LogP contribution in [0.4, 0.5) is 5.69 Å². The summed E-state index contributed by atoms with van der Waals surface area (Å²) < 4.78 is 11.5. The van der Waals surface area contributed by atoms with E-state index in [2.05, 4.69) is 36.5 Å². The Balaban J connectivity index is 1.28. The number of carbonyl (C=O) groups excluding carboxylic acids is 2. The van der Waals surface area contributed by atoms with Gasteiger partial charge in [-0.2, -0.15) is 0 Å². The summed E-state index contributed by atoms with van der Waals surface area (Å²) in [6, 6.07) is 18.3. The van der Waals surface area contributed by atoms with E-state index in [1.807, 2.05) is 30.3 Å². The van der Waals surface area contributed by atoms with Gasteiger partial charge in [0.25, 0.3) is 0 Å². The molecule has 42 heavy (non-hydrogen) atoms. The molecule has 0 saturated carbocycles. The maximum atomic E-state index is 13.4. The Bertz CT molecular complexity index is 1440. The Morgan fingerprint density at radius 3 is 2.36 bits per heavy atom. The van der Waals surface area contributed by atoms with E-state index in [-0.39, 0.29) is 17.7 Å². The second-order valence-electron chi connectivity index (χ2n) is 11.8. The van der Waals surface area contributed by atoms with E-state index in [4.69, 9.17) is 9.47 Å². The number of hydrogen-bond acceptors (Lipinski definition) is 5. The minimum absolute atomic E-state index is 0.193. The fourth-order valence-electron chi connectivity index (χ4n) is 6.56. The summed E-state index contributed by atoms with van der Waals surface area (Å²) >= 11 is 0. The summed E-state index contributed by atoms with van der Waals surface area (Å²) in [7, 11) is 1.60. The number of benzene rings is 3. The number of allylic oxidation sites excluding steroid dienone is 2. The first-order chi connectivity index (χ1) is 20.6. The van der Waals surface area contributed by atoms with Crippen LogP contribution in [0.2, 0.25) is 0 Å². The Morgan fingerprint density at radius 2 is 1.60 bits per heavy atom. The molecule has 1 atom stereocenters. The predicted molar refractivity (Wildman–Crippen MR) is 170 cm³/mol. The molecule has 0 amide bonds. The third-order valence-corrected chi connectivity index (χ3v) is 8.77. The predicted octanol–water partition coefficient (Wildman–Crippen LogP) is 9.63. The van der Waals surface area contributed by atoms with Crippen LogP contribution in [0.25, 0.3) is 10.8 Å². The number of hydrogen-bond donors (Lipinski definition) is 1. The van der Waals surface area contributed by atoms with E-state index in [0.29, 0.717) is 24.3 Å². The standard InChI is InChI=1S/C37H45NO4/c1-3-4-5-6-7-8-9-10-11-12-20-34(40)42-32-24-22-27(25-33(32)41-2)35-36-28-17-14-13-16-26(28)21-23-30(36)38-29-18-15-19-31(39)37(29)35/h13-14,16-17,21-25,35,38H,3-12,15,18-20H2,1-2H3. The van der Waals surface area contributed by atoms with E-state index in [1.54, 1.807) is 7.11 Å². The average molecular weight is 568 g/mol. The minimum atomic E-state index is -0.230. The van der Waals surface area contributed by atoms with Crippen LogP contribution in [-0.4, -0.2) is 18.9 Å². The second kappa shape index (κ2) is 14.5. The largest absolute Gasteiger partial charge is 0.493 e. The number of fused-ring (bicyclic) bond motifs is 3. The zero-order valence-corrected chi connectivity index (χ0v) is 25.3. The summed E-state index contributed by atoms with van der Waals surface area (Å²) in [5.74, 6) is 0.675. The molecule has 3 aromatic rings. The van der Waals surface area contributed by atoms with Crippen molar-refractivity contribution in [3.63, 3.8) is 0 Å².